The second-order valence-electron chi connectivity index (χ2n) is 4.59. The van der Waals surface area contributed by atoms with Gasteiger partial charge in [-0.15, -0.1) is 0 Å². The van der Waals surface area contributed by atoms with E-state index < -0.39 is 11.7 Å². The maximum absolute atomic E-state index is 12.4. The van der Waals surface area contributed by atoms with Crippen molar-refractivity contribution in [2.24, 2.45) is 0 Å². The van der Waals surface area contributed by atoms with Gasteiger partial charge >= 0.3 is 6.18 Å². The average Bonchev–Trinajstić information content (AvgIpc) is 2.38. The van der Waals surface area contributed by atoms with Crippen LogP contribution in [-0.2, 0) is 11.0 Å². The van der Waals surface area contributed by atoms with Gasteiger partial charge in [-0.3, -0.25) is 4.79 Å². The van der Waals surface area contributed by atoms with Crippen LogP contribution in [0.3, 0.4) is 0 Å². The number of rotatable bonds is 6. The third kappa shape index (κ3) is 5.21. The summed E-state index contributed by atoms with van der Waals surface area (Å²) in [7, 11) is 0. The largest absolute Gasteiger partial charge is 0.416 e. The fourth-order valence-electron chi connectivity index (χ4n) is 1.72. The van der Waals surface area contributed by atoms with E-state index in [1.54, 1.807) is 6.92 Å². The number of carbonyl (C=O) groups excluding carboxylic acids is 1. The highest BCUT2D eigenvalue weighted by Gasteiger charge is 2.30. The summed E-state index contributed by atoms with van der Waals surface area (Å²) in [6, 6.07) is 4.48. The van der Waals surface area contributed by atoms with E-state index in [0.717, 1.165) is 25.1 Å². The molecule has 0 spiro atoms. The molecule has 0 radical (unpaired) electrons. The van der Waals surface area contributed by atoms with Gasteiger partial charge in [-0.1, -0.05) is 19.1 Å². The van der Waals surface area contributed by atoms with Gasteiger partial charge in [0.1, 0.15) is 0 Å². The number of alkyl halides is 3. The second-order valence-corrected chi connectivity index (χ2v) is 4.59. The van der Waals surface area contributed by atoms with Gasteiger partial charge in [0.15, 0.2) is 0 Å². The Bertz CT molecular complexity index is 429. The second kappa shape index (κ2) is 7.28. The molecule has 3 nitrogen and oxygen atoms in total. The topological polar surface area (TPSA) is 41.1 Å². The van der Waals surface area contributed by atoms with Crippen LogP contribution in [0, 0.1) is 0 Å². The summed E-state index contributed by atoms with van der Waals surface area (Å²) in [6.45, 7) is 4.69. The van der Waals surface area contributed by atoms with Crippen molar-refractivity contribution in [2.45, 2.75) is 32.5 Å². The molecular weight excluding hydrogens is 269 g/mol. The fraction of sp³-hybridized carbons (Fsp3) is 0.500. The lowest BCUT2D eigenvalue weighted by Gasteiger charge is -2.15. The molecule has 1 amide bonds. The highest BCUT2D eigenvalue weighted by atomic mass is 19.4. The van der Waals surface area contributed by atoms with Crippen molar-refractivity contribution in [1.29, 1.82) is 0 Å². The van der Waals surface area contributed by atoms with Crippen molar-refractivity contribution in [2.75, 3.05) is 13.1 Å². The Kier molecular flexibility index (Phi) is 6.01. The summed E-state index contributed by atoms with van der Waals surface area (Å²) >= 11 is 0. The molecule has 112 valence electrons. The predicted octanol–water partition coefficient (Wildman–Crippen LogP) is 2.88. The molecule has 2 N–H and O–H groups in total. The minimum Gasteiger partial charge on any atom is -0.348 e. The number of amides is 1. The van der Waals surface area contributed by atoms with Crippen LogP contribution < -0.4 is 10.6 Å². The number of benzene rings is 1. The van der Waals surface area contributed by atoms with Crippen LogP contribution in [0.25, 0.3) is 0 Å². The lowest BCUT2D eigenvalue weighted by atomic mass is 10.1. The lowest BCUT2D eigenvalue weighted by Crippen LogP contribution is -2.35. The molecule has 20 heavy (non-hydrogen) atoms. The van der Waals surface area contributed by atoms with Gasteiger partial charge < -0.3 is 10.6 Å². The molecule has 1 aromatic rings. The van der Waals surface area contributed by atoms with E-state index in [1.165, 1.54) is 12.1 Å². The summed E-state index contributed by atoms with van der Waals surface area (Å²) < 4.78 is 37.3. The molecule has 6 heteroatoms. The maximum atomic E-state index is 12.4. The molecule has 0 saturated heterocycles. The van der Waals surface area contributed by atoms with E-state index in [4.69, 9.17) is 0 Å². The molecule has 0 aliphatic carbocycles. The summed E-state index contributed by atoms with van der Waals surface area (Å²) in [5.74, 6) is -0.175. The van der Waals surface area contributed by atoms with Gasteiger partial charge in [0.25, 0.3) is 0 Å². The van der Waals surface area contributed by atoms with Crippen LogP contribution >= 0.6 is 0 Å². The zero-order valence-electron chi connectivity index (χ0n) is 11.6. The highest BCUT2D eigenvalue weighted by molar-refractivity contribution is 5.78. The van der Waals surface area contributed by atoms with Gasteiger partial charge in [0.05, 0.1) is 18.2 Å². The third-order valence-electron chi connectivity index (χ3n) is 2.83. The first-order valence-electron chi connectivity index (χ1n) is 6.51. The van der Waals surface area contributed by atoms with Crippen molar-refractivity contribution in [3.05, 3.63) is 35.4 Å². The molecule has 0 bridgehead atoms. The highest BCUT2D eigenvalue weighted by Crippen LogP contribution is 2.29. The minimum absolute atomic E-state index is 0.175. The Morgan fingerprint density at radius 2 is 1.85 bits per heavy atom. The lowest BCUT2D eigenvalue weighted by molar-refractivity contribution is -0.137. The molecular formula is C14H19F3N2O. The monoisotopic (exact) mass is 288 g/mol. The molecule has 0 saturated carbocycles. The standard InChI is InChI=1S/C14H19F3N2O/c1-3-8-18-9-13(20)19-10(2)11-4-6-12(7-5-11)14(15,16)17/h4-7,10,18H,3,8-9H2,1-2H3,(H,19,20). The molecule has 0 fully saturated rings. The van der Waals surface area contributed by atoms with E-state index in [9.17, 15) is 18.0 Å². The normalized spacial score (nSPS) is 13.1. The molecule has 1 atom stereocenters. The van der Waals surface area contributed by atoms with Gasteiger partial charge in [0, 0.05) is 0 Å². The van der Waals surface area contributed by atoms with Crippen LogP contribution in [0.2, 0.25) is 0 Å². The van der Waals surface area contributed by atoms with Crippen LogP contribution in [0.15, 0.2) is 24.3 Å². The first-order valence-corrected chi connectivity index (χ1v) is 6.51. The molecule has 0 aromatic heterocycles. The SMILES string of the molecule is CCCNCC(=O)NC(C)c1ccc(C(F)(F)F)cc1. The first-order chi connectivity index (χ1) is 9.34. The van der Waals surface area contributed by atoms with E-state index in [-0.39, 0.29) is 18.5 Å². The number of nitrogens with one attached hydrogen (secondary N) is 2. The Labute approximate surface area is 116 Å². The van der Waals surface area contributed by atoms with E-state index in [2.05, 4.69) is 10.6 Å². The predicted molar refractivity (Wildman–Crippen MR) is 71.2 cm³/mol. The summed E-state index contributed by atoms with van der Waals surface area (Å²) in [6.07, 6.45) is -3.41. The molecule has 0 aliphatic heterocycles. The molecule has 0 heterocycles. The van der Waals surface area contributed by atoms with Crippen molar-refractivity contribution in [3.8, 4) is 0 Å². The number of carbonyl (C=O) groups is 1. The Morgan fingerprint density at radius 3 is 2.35 bits per heavy atom. The van der Waals surface area contributed by atoms with Gasteiger partial charge in [-0.25, -0.2) is 0 Å². The molecule has 0 aliphatic rings. The van der Waals surface area contributed by atoms with Crippen molar-refractivity contribution >= 4 is 5.91 Å². The Hall–Kier alpha value is -1.56. The zero-order chi connectivity index (χ0) is 15.2. The fourth-order valence-corrected chi connectivity index (χ4v) is 1.72. The van der Waals surface area contributed by atoms with Crippen LogP contribution in [0.4, 0.5) is 13.2 Å². The third-order valence-corrected chi connectivity index (χ3v) is 2.83. The summed E-state index contributed by atoms with van der Waals surface area (Å²) in [5.41, 5.74) is -0.0498. The van der Waals surface area contributed by atoms with Crippen molar-refractivity contribution in [1.82, 2.24) is 10.6 Å². The van der Waals surface area contributed by atoms with E-state index >= 15 is 0 Å². The summed E-state index contributed by atoms with van der Waals surface area (Å²) in [5, 5.41) is 5.69. The van der Waals surface area contributed by atoms with E-state index in [0.29, 0.717) is 5.56 Å². The maximum Gasteiger partial charge on any atom is 0.416 e. The van der Waals surface area contributed by atoms with Crippen LogP contribution in [0.1, 0.15) is 37.4 Å². The Balaban J connectivity index is 2.55. The number of hydrogen-bond acceptors (Lipinski definition) is 2. The first kappa shape index (κ1) is 16.5. The Morgan fingerprint density at radius 1 is 1.25 bits per heavy atom. The van der Waals surface area contributed by atoms with Crippen molar-refractivity contribution < 1.29 is 18.0 Å². The zero-order valence-corrected chi connectivity index (χ0v) is 11.6. The average molecular weight is 288 g/mol. The van der Waals surface area contributed by atoms with Crippen molar-refractivity contribution in [3.63, 3.8) is 0 Å². The van der Waals surface area contributed by atoms with Crippen LogP contribution in [-0.4, -0.2) is 19.0 Å². The van der Waals surface area contributed by atoms with Gasteiger partial charge in [-0.2, -0.15) is 13.2 Å². The van der Waals surface area contributed by atoms with Crippen LogP contribution in [0.5, 0.6) is 0 Å². The summed E-state index contributed by atoms with van der Waals surface area (Å²) in [4.78, 5) is 11.6. The quantitative estimate of drug-likeness (QED) is 0.790. The minimum atomic E-state index is -4.34. The number of halogens is 3. The molecule has 1 rings (SSSR count). The molecule has 1 unspecified atom stereocenters. The van der Waals surface area contributed by atoms with Gasteiger partial charge in [-0.05, 0) is 37.6 Å². The smallest absolute Gasteiger partial charge is 0.348 e. The number of hydrogen-bond donors (Lipinski definition) is 2. The van der Waals surface area contributed by atoms with E-state index in [1.807, 2.05) is 6.92 Å². The van der Waals surface area contributed by atoms with Gasteiger partial charge in [0.2, 0.25) is 5.91 Å². The molecule has 1 aromatic carbocycles.